The van der Waals surface area contributed by atoms with E-state index in [2.05, 4.69) is 0 Å². The molecule has 0 bridgehead atoms. The lowest BCUT2D eigenvalue weighted by atomic mass is 10.1. The molecule has 2 aromatic carbocycles. The van der Waals surface area contributed by atoms with E-state index in [1.165, 1.54) is 0 Å². The van der Waals surface area contributed by atoms with Gasteiger partial charge in [0.15, 0.2) is 0 Å². The van der Waals surface area contributed by atoms with Gasteiger partial charge in [-0.15, -0.1) is 0 Å². The van der Waals surface area contributed by atoms with Gasteiger partial charge in [0.2, 0.25) is 0 Å². The van der Waals surface area contributed by atoms with Crippen LogP contribution < -0.4 is 4.74 Å². The van der Waals surface area contributed by atoms with Gasteiger partial charge in [-0.3, -0.25) is 4.79 Å². The van der Waals surface area contributed by atoms with Gasteiger partial charge < -0.3 is 9.84 Å². The van der Waals surface area contributed by atoms with Crippen molar-refractivity contribution in [3.63, 3.8) is 0 Å². The van der Waals surface area contributed by atoms with Gasteiger partial charge in [-0.25, -0.2) is 8.51 Å². The maximum atomic E-state index is 12.0. The highest BCUT2D eigenvalue weighted by molar-refractivity contribution is 7.82. The maximum Gasteiger partial charge on any atom is 0.307 e. The Labute approximate surface area is 152 Å². The lowest BCUT2D eigenvalue weighted by Crippen LogP contribution is -2.15. The molecule has 128 valence electrons. The van der Waals surface area contributed by atoms with E-state index in [0.29, 0.717) is 27.0 Å². The van der Waals surface area contributed by atoms with E-state index in [1.54, 1.807) is 54.8 Å². The molecule has 1 unspecified atom stereocenters. The van der Waals surface area contributed by atoms with E-state index in [4.69, 9.17) is 33.0 Å². The first-order valence-corrected chi connectivity index (χ1v) is 8.71. The Morgan fingerprint density at radius 2 is 1.83 bits per heavy atom. The third-order valence-corrected chi connectivity index (χ3v) is 4.94. The maximum absolute atomic E-state index is 12.0. The van der Waals surface area contributed by atoms with E-state index >= 15 is 0 Å². The largest absolute Gasteiger partial charge is 0.481 e. The van der Waals surface area contributed by atoms with Crippen molar-refractivity contribution >= 4 is 40.2 Å². The number of benzene rings is 2. The zero-order valence-corrected chi connectivity index (χ0v) is 15.3. The number of rotatable bonds is 6. The van der Waals surface area contributed by atoms with Gasteiger partial charge in [0.05, 0.1) is 21.4 Å². The third kappa shape index (κ3) is 4.70. The van der Waals surface area contributed by atoms with Crippen molar-refractivity contribution in [2.75, 3.05) is 14.1 Å². The van der Waals surface area contributed by atoms with E-state index in [9.17, 15) is 9.00 Å². The minimum atomic E-state index is -1.31. The number of hydrogen-bond acceptors (Lipinski definition) is 3. The number of carboxylic acid groups (broad SMARTS) is 1. The van der Waals surface area contributed by atoms with Gasteiger partial charge in [0, 0.05) is 0 Å². The first-order chi connectivity index (χ1) is 11.3. The quantitative estimate of drug-likeness (QED) is 0.813. The van der Waals surface area contributed by atoms with Crippen LogP contribution in [-0.2, 0) is 22.2 Å². The molecule has 0 saturated carbocycles. The van der Waals surface area contributed by atoms with Gasteiger partial charge in [0.1, 0.15) is 22.5 Å². The standard InChI is InChI=1S/C16H15Cl2NO4S/c1-19(2)24(22)11-4-6-14(13(18)9-11)23-15-7-10(8-16(20)21)3-5-12(15)17/h3-7,9H,8H2,1-2H3,(H,20,21). The number of hydrogen-bond donors (Lipinski definition) is 1. The van der Waals surface area contributed by atoms with Crippen LogP contribution in [-0.4, -0.2) is 33.7 Å². The Balaban J connectivity index is 2.28. The zero-order valence-electron chi connectivity index (χ0n) is 13.0. The topological polar surface area (TPSA) is 66.8 Å². The Kier molecular flexibility index (Phi) is 6.23. The molecule has 8 heteroatoms. The molecule has 1 N–H and O–H groups in total. The number of halogens is 2. The lowest BCUT2D eigenvalue weighted by Gasteiger charge is -2.13. The molecule has 1 atom stereocenters. The van der Waals surface area contributed by atoms with Gasteiger partial charge in [-0.1, -0.05) is 29.3 Å². The molecule has 2 aromatic rings. The molecule has 0 saturated heterocycles. The summed E-state index contributed by atoms with van der Waals surface area (Å²) in [6.07, 6.45) is -0.137. The van der Waals surface area contributed by atoms with E-state index in [-0.39, 0.29) is 11.4 Å². The summed E-state index contributed by atoms with van der Waals surface area (Å²) in [5, 5.41) is 9.47. The summed E-state index contributed by atoms with van der Waals surface area (Å²) in [6, 6.07) is 9.54. The smallest absolute Gasteiger partial charge is 0.307 e. The van der Waals surface area contributed by atoms with Crippen LogP contribution in [0.3, 0.4) is 0 Å². The molecule has 0 aliphatic rings. The predicted molar refractivity (Wildman–Crippen MR) is 94.4 cm³/mol. The van der Waals surface area contributed by atoms with Crippen molar-refractivity contribution < 1.29 is 18.8 Å². The monoisotopic (exact) mass is 387 g/mol. The summed E-state index contributed by atoms with van der Waals surface area (Å²) in [5.41, 5.74) is 0.559. The second-order valence-corrected chi connectivity index (χ2v) is 7.61. The fourth-order valence-electron chi connectivity index (χ4n) is 1.91. The fourth-order valence-corrected chi connectivity index (χ4v) is 3.18. The number of ether oxygens (including phenoxy) is 1. The van der Waals surface area contributed by atoms with Crippen LogP contribution in [0.25, 0.3) is 0 Å². The molecule has 0 aromatic heterocycles. The molecule has 0 fully saturated rings. The first-order valence-electron chi connectivity index (χ1n) is 6.84. The Bertz CT molecular complexity index is 796. The molecule has 2 rings (SSSR count). The normalized spacial score (nSPS) is 12.2. The number of carboxylic acids is 1. The van der Waals surface area contributed by atoms with E-state index in [0.717, 1.165) is 0 Å². The zero-order chi connectivity index (χ0) is 17.9. The van der Waals surface area contributed by atoms with Gasteiger partial charge in [-0.2, -0.15) is 0 Å². The van der Waals surface area contributed by atoms with E-state index < -0.39 is 17.0 Å². The van der Waals surface area contributed by atoms with Crippen LogP contribution in [0.5, 0.6) is 11.5 Å². The molecule has 24 heavy (non-hydrogen) atoms. The van der Waals surface area contributed by atoms with Crippen molar-refractivity contribution in [2.45, 2.75) is 11.3 Å². The molecule has 5 nitrogen and oxygen atoms in total. The molecular weight excluding hydrogens is 373 g/mol. The summed E-state index contributed by atoms with van der Waals surface area (Å²) in [4.78, 5) is 11.4. The molecule has 0 aliphatic carbocycles. The average Bonchev–Trinajstić information content (AvgIpc) is 2.51. The first kappa shape index (κ1) is 18.7. The van der Waals surface area contributed by atoms with E-state index in [1.807, 2.05) is 0 Å². The Morgan fingerprint density at radius 3 is 2.42 bits per heavy atom. The number of nitrogens with zero attached hydrogens (tertiary/aromatic N) is 1. The molecular formula is C16H15Cl2NO4S. The number of carbonyl (C=O) groups is 1. The third-order valence-electron chi connectivity index (χ3n) is 3.01. The Morgan fingerprint density at radius 1 is 1.12 bits per heavy atom. The highest BCUT2D eigenvalue weighted by Crippen LogP contribution is 2.35. The van der Waals surface area contributed by atoms with Crippen molar-refractivity contribution in [3.8, 4) is 11.5 Å². The summed E-state index contributed by atoms with van der Waals surface area (Å²) in [6.45, 7) is 0. The molecule has 0 radical (unpaired) electrons. The molecule has 0 aliphatic heterocycles. The van der Waals surface area contributed by atoms with Crippen LogP contribution in [0.15, 0.2) is 41.3 Å². The van der Waals surface area contributed by atoms with Crippen molar-refractivity contribution in [1.82, 2.24) is 4.31 Å². The highest BCUT2D eigenvalue weighted by Gasteiger charge is 2.13. The second-order valence-electron chi connectivity index (χ2n) is 5.09. The average molecular weight is 388 g/mol. The summed E-state index contributed by atoms with van der Waals surface area (Å²) in [7, 11) is 2.08. The summed E-state index contributed by atoms with van der Waals surface area (Å²) in [5.74, 6) is -0.304. The fraction of sp³-hybridized carbons (Fsp3) is 0.188. The van der Waals surface area contributed by atoms with Crippen molar-refractivity contribution in [1.29, 1.82) is 0 Å². The number of aliphatic carboxylic acids is 1. The van der Waals surface area contributed by atoms with Crippen molar-refractivity contribution in [3.05, 3.63) is 52.0 Å². The van der Waals surface area contributed by atoms with Crippen LogP contribution >= 0.6 is 23.2 Å². The lowest BCUT2D eigenvalue weighted by molar-refractivity contribution is -0.136. The minimum Gasteiger partial charge on any atom is -0.481 e. The molecule has 0 amide bonds. The van der Waals surface area contributed by atoms with Gasteiger partial charge >= 0.3 is 5.97 Å². The Hall–Kier alpha value is -1.60. The minimum absolute atomic E-state index is 0.137. The van der Waals surface area contributed by atoms with Gasteiger partial charge in [-0.05, 0) is 50.0 Å². The SMILES string of the molecule is CN(C)S(=O)c1ccc(Oc2cc(CC(=O)O)ccc2Cl)c(Cl)c1. The summed E-state index contributed by atoms with van der Waals surface area (Å²) >= 11 is 12.3. The van der Waals surface area contributed by atoms with Crippen LogP contribution in [0.1, 0.15) is 5.56 Å². The molecule has 0 heterocycles. The summed E-state index contributed by atoms with van der Waals surface area (Å²) < 4.78 is 19.3. The van der Waals surface area contributed by atoms with Crippen molar-refractivity contribution in [2.24, 2.45) is 0 Å². The second kappa shape index (κ2) is 7.98. The van der Waals surface area contributed by atoms with Gasteiger partial charge in [0.25, 0.3) is 0 Å². The predicted octanol–water partition coefficient (Wildman–Crippen LogP) is 4.00. The highest BCUT2D eigenvalue weighted by atomic mass is 35.5. The molecule has 0 spiro atoms. The van der Waals surface area contributed by atoms with Crippen LogP contribution in [0.4, 0.5) is 0 Å². The van der Waals surface area contributed by atoms with Crippen LogP contribution in [0, 0.1) is 0 Å². The van der Waals surface area contributed by atoms with Crippen LogP contribution in [0.2, 0.25) is 10.0 Å².